The molecule has 0 aromatic rings. The zero-order valence-electron chi connectivity index (χ0n) is 8.38. The lowest BCUT2D eigenvalue weighted by Crippen LogP contribution is -2.19. The van der Waals surface area contributed by atoms with Gasteiger partial charge in [0.15, 0.2) is 0 Å². The third kappa shape index (κ3) is 1.58. The summed E-state index contributed by atoms with van der Waals surface area (Å²) in [6, 6.07) is 0. The fourth-order valence-electron chi connectivity index (χ4n) is 2.13. The van der Waals surface area contributed by atoms with E-state index in [1.54, 1.807) is 6.34 Å². The minimum absolute atomic E-state index is 0.117. The lowest BCUT2D eigenvalue weighted by molar-refractivity contribution is 0.541. The molecule has 1 aliphatic heterocycles. The van der Waals surface area contributed by atoms with Crippen LogP contribution in [0.15, 0.2) is 21.3 Å². The van der Waals surface area contributed by atoms with Gasteiger partial charge in [0.1, 0.15) is 6.34 Å². The van der Waals surface area contributed by atoms with Crippen molar-refractivity contribution in [2.45, 2.75) is 39.5 Å². The largest absolute Gasteiger partial charge is 0.248 e. The van der Waals surface area contributed by atoms with Crippen LogP contribution in [-0.2, 0) is 0 Å². The van der Waals surface area contributed by atoms with E-state index in [2.05, 4.69) is 23.8 Å². The van der Waals surface area contributed by atoms with E-state index in [4.69, 9.17) is 0 Å². The van der Waals surface area contributed by atoms with Crippen molar-refractivity contribution in [3.8, 4) is 0 Å². The Bertz CT molecular complexity index is 295. The van der Waals surface area contributed by atoms with E-state index in [9.17, 15) is 0 Å². The second-order valence-corrected chi connectivity index (χ2v) is 4.38. The van der Waals surface area contributed by atoms with Gasteiger partial charge in [0, 0.05) is 17.3 Å². The molecule has 2 nitrogen and oxygen atoms in total. The third-order valence-electron chi connectivity index (χ3n) is 2.89. The molecule has 2 rings (SSSR count). The zero-order chi connectivity index (χ0) is 9.31. The molecule has 0 aromatic carbocycles. The van der Waals surface area contributed by atoms with Gasteiger partial charge in [0.25, 0.3) is 0 Å². The van der Waals surface area contributed by atoms with E-state index in [1.165, 1.54) is 30.5 Å². The van der Waals surface area contributed by atoms with Gasteiger partial charge in [-0.05, 0) is 31.3 Å². The Morgan fingerprint density at radius 1 is 1.23 bits per heavy atom. The van der Waals surface area contributed by atoms with Crippen molar-refractivity contribution < 1.29 is 0 Å². The van der Waals surface area contributed by atoms with E-state index in [0.717, 1.165) is 6.42 Å². The van der Waals surface area contributed by atoms with Crippen LogP contribution >= 0.6 is 0 Å². The summed E-state index contributed by atoms with van der Waals surface area (Å²) in [4.78, 5) is 8.59. The number of rotatable bonds is 0. The zero-order valence-corrected chi connectivity index (χ0v) is 8.38. The number of nitrogens with zero attached hydrogens (tertiary/aromatic N) is 2. The Balaban J connectivity index is 2.43. The maximum Gasteiger partial charge on any atom is 0.115 e. The van der Waals surface area contributed by atoms with Gasteiger partial charge in [-0.2, -0.15) is 0 Å². The topological polar surface area (TPSA) is 24.7 Å². The highest BCUT2D eigenvalue weighted by Crippen LogP contribution is 2.37. The van der Waals surface area contributed by atoms with Crippen molar-refractivity contribution in [1.82, 2.24) is 0 Å². The van der Waals surface area contributed by atoms with Crippen molar-refractivity contribution in [3.05, 3.63) is 11.3 Å². The summed E-state index contributed by atoms with van der Waals surface area (Å²) in [5.74, 6) is 0. The highest BCUT2D eigenvalue weighted by atomic mass is 14.9. The molecule has 1 aliphatic carbocycles. The Kier molecular flexibility index (Phi) is 2.06. The van der Waals surface area contributed by atoms with Crippen LogP contribution in [0.1, 0.15) is 39.5 Å². The predicted octanol–water partition coefficient (Wildman–Crippen LogP) is 2.95. The van der Waals surface area contributed by atoms with E-state index in [-0.39, 0.29) is 5.41 Å². The van der Waals surface area contributed by atoms with Gasteiger partial charge in [-0.1, -0.05) is 13.8 Å². The minimum atomic E-state index is 0.117. The van der Waals surface area contributed by atoms with Gasteiger partial charge in [0.05, 0.1) is 0 Å². The second kappa shape index (κ2) is 3.09. The number of allylic oxidation sites excluding steroid dienone is 2. The van der Waals surface area contributed by atoms with Crippen LogP contribution in [0.4, 0.5) is 0 Å². The standard InChI is InChI=1S/C11H16N2/c1-11(2)7-12-8-13-10-6-4-3-5-9(10)11/h7-8H,3-6H2,1-2H3. The summed E-state index contributed by atoms with van der Waals surface area (Å²) in [6.45, 7) is 4.46. The quantitative estimate of drug-likeness (QED) is 0.542. The van der Waals surface area contributed by atoms with Crippen molar-refractivity contribution >= 4 is 12.6 Å². The van der Waals surface area contributed by atoms with Crippen LogP contribution in [0.25, 0.3) is 0 Å². The molecule has 0 fully saturated rings. The predicted molar refractivity (Wildman–Crippen MR) is 56.3 cm³/mol. The van der Waals surface area contributed by atoms with E-state index >= 15 is 0 Å². The average Bonchev–Trinajstić information content (AvgIpc) is 2.26. The fraction of sp³-hybridized carbons (Fsp3) is 0.636. The molecule has 0 radical (unpaired) electrons. The molecule has 0 saturated heterocycles. The van der Waals surface area contributed by atoms with Crippen LogP contribution in [0, 0.1) is 5.41 Å². The van der Waals surface area contributed by atoms with Gasteiger partial charge >= 0.3 is 0 Å². The molecule has 0 atom stereocenters. The Morgan fingerprint density at radius 3 is 2.85 bits per heavy atom. The molecule has 13 heavy (non-hydrogen) atoms. The first-order valence-corrected chi connectivity index (χ1v) is 4.99. The Labute approximate surface area is 79.5 Å². The molecular weight excluding hydrogens is 160 g/mol. The van der Waals surface area contributed by atoms with Crippen molar-refractivity contribution in [2.24, 2.45) is 15.4 Å². The molecule has 0 aromatic heterocycles. The van der Waals surface area contributed by atoms with E-state index in [1.807, 2.05) is 6.21 Å². The highest BCUT2D eigenvalue weighted by molar-refractivity contribution is 5.80. The van der Waals surface area contributed by atoms with Crippen molar-refractivity contribution in [1.29, 1.82) is 0 Å². The number of hydrogen-bond donors (Lipinski definition) is 0. The first-order chi connectivity index (χ1) is 6.20. The highest BCUT2D eigenvalue weighted by Gasteiger charge is 2.27. The van der Waals surface area contributed by atoms with E-state index < -0.39 is 0 Å². The molecule has 2 aliphatic rings. The van der Waals surface area contributed by atoms with Gasteiger partial charge in [-0.25, -0.2) is 9.98 Å². The molecule has 0 bridgehead atoms. The Morgan fingerprint density at radius 2 is 2.00 bits per heavy atom. The van der Waals surface area contributed by atoms with Crippen molar-refractivity contribution in [2.75, 3.05) is 0 Å². The lowest BCUT2D eigenvalue weighted by Gasteiger charge is -2.27. The van der Waals surface area contributed by atoms with Gasteiger partial charge in [-0.15, -0.1) is 0 Å². The average molecular weight is 176 g/mol. The van der Waals surface area contributed by atoms with Crippen LogP contribution in [0.5, 0.6) is 0 Å². The van der Waals surface area contributed by atoms with Crippen LogP contribution in [0.3, 0.4) is 0 Å². The smallest absolute Gasteiger partial charge is 0.115 e. The molecule has 2 heteroatoms. The summed E-state index contributed by atoms with van der Waals surface area (Å²) in [6.07, 6.45) is 8.64. The second-order valence-electron chi connectivity index (χ2n) is 4.38. The molecule has 0 saturated carbocycles. The fourth-order valence-corrected chi connectivity index (χ4v) is 2.13. The first-order valence-electron chi connectivity index (χ1n) is 4.99. The molecular formula is C11H16N2. The third-order valence-corrected chi connectivity index (χ3v) is 2.89. The summed E-state index contributed by atoms with van der Waals surface area (Å²) in [7, 11) is 0. The molecule has 0 N–H and O–H groups in total. The van der Waals surface area contributed by atoms with Crippen LogP contribution in [-0.4, -0.2) is 12.6 Å². The normalized spacial score (nSPS) is 25.7. The molecule has 0 amide bonds. The number of aliphatic imine (C=N–C) groups is 2. The lowest BCUT2D eigenvalue weighted by atomic mass is 9.78. The summed E-state index contributed by atoms with van der Waals surface area (Å²) >= 11 is 0. The van der Waals surface area contributed by atoms with Gasteiger partial charge in [-0.3, -0.25) is 0 Å². The monoisotopic (exact) mass is 176 g/mol. The number of hydrogen-bond acceptors (Lipinski definition) is 2. The molecule has 0 unspecified atom stereocenters. The molecule has 0 spiro atoms. The maximum atomic E-state index is 4.40. The summed E-state index contributed by atoms with van der Waals surface area (Å²) in [5.41, 5.74) is 2.90. The van der Waals surface area contributed by atoms with E-state index in [0.29, 0.717) is 0 Å². The SMILES string of the molecule is CC1(C)C=NC=NC2=C1CCCC2. The van der Waals surface area contributed by atoms with Gasteiger partial charge < -0.3 is 0 Å². The van der Waals surface area contributed by atoms with Crippen molar-refractivity contribution in [3.63, 3.8) is 0 Å². The van der Waals surface area contributed by atoms with Gasteiger partial charge in [0.2, 0.25) is 0 Å². The molecule has 70 valence electrons. The summed E-state index contributed by atoms with van der Waals surface area (Å²) < 4.78 is 0. The van der Waals surface area contributed by atoms with Crippen LogP contribution < -0.4 is 0 Å². The maximum absolute atomic E-state index is 4.40. The summed E-state index contributed by atoms with van der Waals surface area (Å²) in [5, 5.41) is 0. The van der Waals surface area contributed by atoms with Crippen LogP contribution in [0.2, 0.25) is 0 Å². The minimum Gasteiger partial charge on any atom is -0.248 e. The first kappa shape index (κ1) is 8.67. The molecule has 1 heterocycles. The Hall–Kier alpha value is -0.920.